The monoisotopic (exact) mass is 283 g/mol. The fourth-order valence-electron chi connectivity index (χ4n) is 3.08. The lowest BCUT2D eigenvalue weighted by atomic mass is 9.95. The first-order chi connectivity index (χ1) is 9.47. The summed E-state index contributed by atoms with van der Waals surface area (Å²) in [5.41, 5.74) is 0. The van der Waals surface area contributed by atoms with E-state index in [1.54, 1.807) is 0 Å². The molecule has 116 valence electrons. The topological polar surface area (TPSA) is 55.8 Å². The lowest BCUT2D eigenvalue weighted by Gasteiger charge is -2.36. The second kappa shape index (κ2) is 6.87. The molecule has 0 saturated carbocycles. The van der Waals surface area contributed by atoms with E-state index in [2.05, 4.69) is 31.1 Å². The Morgan fingerprint density at radius 3 is 2.55 bits per heavy atom. The zero-order valence-corrected chi connectivity index (χ0v) is 13.0. The molecule has 2 atom stereocenters. The van der Waals surface area contributed by atoms with Gasteiger partial charge in [-0.3, -0.25) is 4.79 Å². The number of hydrogen-bond acceptors (Lipinski definition) is 4. The van der Waals surface area contributed by atoms with Gasteiger partial charge in [0.15, 0.2) is 0 Å². The second-order valence-electron chi connectivity index (χ2n) is 6.65. The average molecular weight is 283 g/mol. The van der Waals surface area contributed by atoms with Crippen LogP contribution in [-0.4, -0.2) is 72.2 Å². The number of piperidine rings is 1. The van der Waals surface area contributed by atoms with E-state index in [1.165, 1.54) is 0 Å². The summed E-state index contributed by atoms with van der Waals surface area (Å²) in [6.45, 7) is 7.84. The SMILES string of the molecule is CC(C)N(C)CC1CCN(C(=O)C2CC(O)CN2)CC1. The van der Waals surface area contributed by atoms with E-state index >= 15 is 0 Å². The van der Waals surface area contributed by atoms with Gasteiger partial charge < -0.3 is 20.2 Å². The Labute approximate surface area is 122 Å². The molecular weight excluding hydrogens is 254 g/mol. The molecule has 0 radical (unpaired) electrons. The first-order valence-electron chi connectivity index (χ1n) is 7.88. The van der Waals surface area contributed by atoms with E-state index in [0.29, 0.717) is 24.9 Å². The van der Waals surface area contributed by atoms with E-state index in [1.807, 2.05) is 4.90 Å². The maximum atomic E-state index is 12.3. The second-order valence-corrected chi connectivity index (χ2v) is 6.65. The van der Waals surface area contributed by atoms with Crippen molar-refractivity contribution in [1.82, 2.24) is 15.1 Å². The smallest absolute Gasteiger partial charge is 0.239 e. The molecule has 0 aromatic heterocycles. The molecular formula is C15H29N3O2. The summed E-state index contributed by atoms with van der Waals surface area (Å²) in [5, 5.41) is 12.6. The van der Waals surface area contributed by atoms with Crippen molar-refractivity contribution in [2.45, 2.75) is 51.3 Å². The third kappa shape index (κ3) is 3.93. The van der Waals surface area contributed by atoms with E-state index < -0.39 is 0 Å². The highest BCUT2D eigenvalue weighted by Gasteiger charge is 2.33. The van der Waals surface area contributed by atoms with Crippen molar-refractivity contribution in [3.63, 3.8) is 0 Å². The van der Waals surface area contributed by atoms with Gasteiger partial charge in [-0.05, 0) is 46.1 Å². The van der Waals surface area contributed by atoms with Crippen molar-refractivity contribution in [1.29, 1.82) is 0 Å². The van der Waals surface area contributed by atoms with Gasteiger partial charge in [0, 0.05) is 32.2 Å². The van der Waals surface area contributed by atoms with Crippen LogP contribution < -0.4 is 5.32 Å². The molecule has 2 N–H and O–H groups in total. The molecule has 0 bridgehead atoms. The van der Waals surface area contributed by atoms with Gasteiger partial charge in [-0.25, -0.2) is 0 Å². The molecule has 5 nitrogen and oxygen atoms in total. The highest BCUT2D eigenvalue weighted by Crippen LogP contribution is 2.20. The van der Waals surface area contributed by atoms with Gasteiger partial charge in [-0.2, -0.15) is 0 Å². The third-order valence-corrected chi connectivity index (χ3v) is 4.76. The Morgan fingerprint density at radius 1 is 1.40 bits per heavy atom. The standard InChI is InChI=1S/C15H29N3O2/c1-11(2)17(3)10-12-4-6-18(7-5-12)15(20)14-8-13(19)9-16-14/h11-14,16,19H,4-10H2,1-3H3. The van der Waals surface area contributed by atoms with Gasteiger partial charge >= 0.3 is 0 Å². The predicted octanol–water partition coefficient (Wildman–Crippen LogP) is 0.288. The number of β-amino-alcohol motifs (C(OH)–C–C–N with tert-alkyl or cyclic N) is 1. The molecule has 2 aliphatic heterocycles. The van der Waals surface area contributed by atoms with Crippen molar-refractivity contribution in [2.24, 2.45) is 5.92 Å². The average Bonchev–Trinajstić information content (AvgIpc) is 2.85. The van der Waals surface area contributed by atoms with E-state index in [-0.39, 0.29) is 18.1 Å². The number of aliphatic hydroxyl groups excluding tert-OH is 1. The first-order valence-corrected chi connectivity index (χ1v) is 7.88. The number of amides is 1. The maximum Gasteiger partial charge on any atom is 0.239 e. The van der Waals surface area contributed by atoms with Crippen LogP contribution in [0.1, 0.15) is 33.1 Å². The minimum atomic E-state index is -0.360. The fourth-order valence-corrected chi connectivity index (χ4v) is 3.08. The molecule has 0 spiro atoms. The van der Waals surface area contributed by atoms with Crippen LogP contribution >= 0.6 is 0 Å². The van der Waals surface area contributed by atoms with Gasteiger partial charge in [0.2, 0.25) is 5.91 Å². The van der Waals surface area contributed by atoms with Gasteiger partial charge in [0.05, 0.1) is 12.1 Å². The Kier molecular flexibility index (Phi) is 5.41. The molecule has 2 fully saturated rings. The summed E-state index contributed by atoms with van der Waals surface area (Å²) < 4.78 is 0. The number of nitrogens with zero attached hydrogens (tertiary/aromatic N) is 2. The van der Waals surface area contributed by atoms with Crippen LogP contribution in [0.5, 0.6) is 0 Å². The first kappa shape index (κ1) is 15.7. The Morgan fingerprint density at radius 2 is 2.05 bits per heavy atom. The number of nitrogens with one attached hydrogen (secondary N) is 1. The summed E-state index contributed by atoms with van der Waals surface area (Å²) in [6, 6.07) is 0.415. The lowest BCUT2D eigenvalue weighted by molar-refractivity contribution is -0.134. The van der Waals surface area contributed by atoms with Crippen LogP contribution in [0.2, 0.25) is 0 Å². The van der Waals surface area contributed by atoms with Gasteiger partial charge in [-0.1, -0.05) is 0 Å². The molecule has 20 heavy (non-hydrogen) atoms. The molecule has 5 heteroatoms. The van der Waals surface area contributed by atoms with Crippen LogP contribution in [0.25, 0.3) is 0 Å². The molecule has 2 unspecified atom stereocenters. The zero-order chi connectivity index (χ0) is 14.7. The van der Waals surface area contributed by atoms with Gasteiger partial charge in [-0.15, -0.1) is 0 Å². The maximum absolute atomic E-state index is 12.3. The summed E-state index contributed by atoms with van der Waals surface area (Å²) in [4.78, 5) is 16.7. The molecule has 2 saturated heterocycles. The van der Waals surface area contributed by atoms with Crippen LogP contribution in [0.3, 0.4) is 0 Å². The number of aliphatic hydroxyl groups is 1. The van der Waals surface area contributed by atoms with Crippen LogP contribution in [0, 0.1) is 5.92 Å². The van der Waals surface area contributed by atoms with Crippen LogP contribution in [0.15, 0.2) is 0 Å². The van der Waals surface area contributed by atoms with Crippen molar-refractivity contribution in [2.75, 3.05) is 33.2 Å². The predicted molar refractivity (Wildman–Crippen MR) is 79.5 cm³/mol. The third-order valence-electron chi connectivity index (χ3n) is 4.76. The normalized spacial score (nSPS) is 28.6. The number of rotatable bonds is 4. The van der Waals surface area contributed by atoms with E-state index in [0.717, 1.165) is 32.5 Å². The number of likely N-dealkylation sites (tertiary alicyclic amines) is 1. The molecule has 1 amide bonds. The number of hydrogen-bond donors (Lipinski definition) is 2. The fraction of sp³-hybridized carbons (Fsp3) is 0.933. The van der Waals surface area contributed by atoms with Crippen LogP contribution in [0.4, 0.5) is 0 Å². The van der Waals surface area contributed by atoms with Crippen molar-refractivity contribution >= 4 is 5.91 Å². The van der Waals surface area contributed by atoms with Crippen molar-refractivity contribution in [3.05, 3.63) is 0 Å². The lowest BCUT2D eigenvalue weighted by Crippen LogP contribution is -2.48. The minimum Gasteiger partial charge on any atom is -0.392 e. The number of carbonyl (C=O) groups is 1. The Bertz CT molecular complexity index is 327. The molecule has 2 aliphatic rings. The highest BCUT2D eigenvalue weighted by atomic mass is 16.3. The Hall–Kier alpha value is -0.650. The molecule has 2 rings (SSSR count). The summed E-state index contributed by atoms with van der Waals surface area (Å²) in [5.74, 6) is 0.880. The Balaban J connectivity index is 1.75. The molecule has 0 aromatic rings. The van der Waals surface area contributed by atoms with Crippen molar-refractivity contribution in [3.8, 4) is 0 Å². The largest absolute Gasteiger partial charge is 0.392 e. The summed E-state index contributed by atoms with van der Waals surface area (Å²) in [6.07, 6.45) is 2.39. The molecule has 0 aliphatic carbocycles. The zero-order valence-electron chi connectivity index (χ0n) is 13.0. The van der Waals surface area contributed by atoms with Gasteiger partial charge in [0.1, 0.15) is 0 Å². The molecule has 2 heterocycles. The minimum absolute atomic E-state index is 0.167. The van der Waals surface area contributed by atoms with Gasteiger partial charge in [0.25, 0.3) is 0 Å². The highest BCUT2D eigenvalue weighted by molar-refractivity contribution is 5.82. The quantitative estimate of drug-likeness (QED) is 0.778. The summed E-state index contributed by atoms with van der Waals surface area (Å²) in [7, 11) is 2.17. The molecule has 0 aromatic carbocycles. The van der Waals surface area contributed by atoms with E-state index in [4.69, 9.17) is 0 Å². The van der Waals surface area contributed by atoms with E-state index in [9.17, 15) is 9.90 Å². The van der Waals surface area contributed by atoms with Crippen LogP contribution in [-0.2, 0) is 4.79 Å². The summed E-state index contributed by atoms with van der Waals surface area (Å²) >= 11 is 0. The number of carbonyl (C=O) groups excluding carboxylic acids is 1. The van der Waals surface area contributed by atoms with Crippen molar-refractivity contribution < 1.29 is 9.90 Å².